The molecule has 3 heterocycles. The number of nitrogens with zero attached hydrogens (tertiary/aromatic N) is 1. The number of anilines is 1. The molecule has 1 aliphatic heterocycles. The number of hydrogen-bond donors (Lipinski definition) is 3. The lowest BCUT2D eigenvalue weighted by Gasteiger charge is -2.18. The lowest BCUT2D eigenvalue weighted by Crippen LogP contribution is -2.35. The Labute approximate surface area is 134 Å². The zero-order valence-electron chi connectivity index (χ0n) is 10.7. The number of carbonyl (C=O) groups excluding carboxylic acids is 1. The molecule has 1 aliphatic rings. The van der Waals surface area contributed by atoms with Crippen LogP contribution in [-0.2, 0) is 14.8 Å². The van der Waals surface area contributed by atoms with Crippen molar-refractivity contribution >= 4 is 50.4 Å². The Bertz CT molecular complexity index is 890. The van der Waals surface area contributed by atoms with E-state index in [0.717, 1.165) is 11.3 Å². The van der Waals surface area contributed by atoms with Crippen LogP contribution in [0.1, 0.15) is 4.88 Å². The maximum absolute atomic E-state index is 12.2. The summed E-state index contributed by atoms with van der Waals surface area (Å²) in [6.45, 7) is 0. The van der Waals surface area contributed by atoms with Crippen LogP contribution >= 0.6 is 22.9 Å². The molecule has 2 aromatic heterocycles. The average Bonchev–Trinajstić information content (AvgIpc) is 2.87. The van der Waals surface area contributed by atoms with E-state index in [9.17, 15) is 18.3 Å². The van der Waals surface area contributed by atoms with Crippen molar-refractivity contribution in [3.63, 3.8) is 0 Å². The Balaban J connectivity index is 2.02. The summed E-state index contributed by atoms with van der Waals surface area (Å²) in [7, 11) is -3.96. The van der Waals surface area contributed by atoms with Gasteiger partial charge in [-0.15, -0.1) is 11.3 Å². The highest BCUT2D eigenvalue weighted by Crippen LogP contribution is 2.38. The van der Waals surface area contributed by atoms with Gasteiger partial charge in [0.05, 0.1) is 9.21 Å². The fourth-order valence-electron chi connectivity index (χ4n) is 1.83. The first kappa shape index (κ1) is 14.8. The summed E-state index contributed by atoms with van der Waals surface area (Å²) >= 11 is 6.65. The van der Waals surface area contributed by atoms with Gasteiger partial charge in [-0.05, 0) is 18.2 Å². The molecule has 10 heteroatoms. The Kier molecular flexibility index (Phi) is 3.55. The molecule has 0 spiro atoms. The van der Waals surface area contributed by atoms with E-state index in [-0.39, 0.29) is 19.9 Å². The molecule has 0 bridgehead atoms. The van der Waals surface area contributed by atoms with Gasteiger partial charge in [0.1, 0.15) is 10.7 Å². The number of sulfonamides is 1. The van der Waals surface area contributed by atoms with Crippen LogP contribution in [0, 0.1) is 0 Å². The highest BCUT2D eigenvalue weighted by molar-refractivity contribution is 7.90. The van der Waals surface area contributed by atoms with Crippen LogP contribution in [0.2, 0.25) is 4.34 Å². The molecule has 22 heavy (non-hydrogen) atoms. The second kappa shape index (κ2) is 5.27. The molecule has 0 saturated carbocycles. The van der Waals surface area contributed by atoms with Crippen LogP contribution in [0.3, 0.4) is 0 Å². The topological polar surface area (TPSA) is 108 Å². The molecule has 0 aliphatic carbocycles. The molecular weight excluding hydrogens is 350 g/mol. The van der Waals surface area contributed by atoms with Crippen molar-refractivity contribution in [1.82, 2.24) is 9.71 Å². The number of aliphatic hydroxyl groups excluding tert-OH is 1. The molecule has 0 aromatic carbocycles. The first-order chi connectivity index (χ1) is 10.4. The fourth-order valence-corrected chi connectivity index (χ4v) is 4.68. The van der Waals surface area contributed by atoms with E-state index in [2.05, 4.69) is 10.3 Å². The van der Waals surface area contributed by atoms with E-state index in [1.165, 1.54) is 18.3 Å². The number of thiophene rings is 1. The number of nitrogens with one attached hydrogen (secondary N) is 2. The Morgan fingerprint density at radius 1 is 1.41 bits per heavy atom. The molecule has 0 radical (unpaired) electrons. The maximum atomic E-state index is 12.2. The monoisotopic (exact) mass is 357 g/mol. The summed E-state index contributed by atoms with van der Waals surface area (Å²) in [4.78, 5) is 15.9. The van der Waals surface area contributed by atoms with E-state index in [1.807, 2.05) is 4.72 Å². The molecule has 0 atom stereocenters. The summed E-state index contributed by atoms with van der Waals surface area (Å²) in [5, 5.41) is 12.5. The standard InChI is InChI=1S/C12H8ClN3O4S2/c13-7-5-6-11(21-7)10(17)9(16-22(6,19)20)12(18)15-8-3-1-2-4-14-8/h1-5,16-17H,(H,14,15,18). The van der Waals surface area contributed by atoms with Crippen LogP contribution in [0.25, 0.3) is 5.76 Å². The molecule has 114 valence electrons. The van der Waals surface area contributed by atoms with E-state index in [0.29, 0.717) is 0 Å². The first-order valence-corrected chi connectivity index (χ1v) is 8.54. The Hall–Kier alpha value is -2.10. The minimum Gasteiger partial charge on any atom is -0.504 e. The number of fused-ring (bicyclic) bond motifs is 1. The van der Waals surface area contributed by atoms with Gasteiger partial charge in [0.25, 0.3) is 15.9 Å². The van der Waals surface area contributed by atoms with Crippen molar-refractivity contribution in [3.8, 4) is 0 Å². The van der Waals surface area contributed by atoms with Gasteiger partial charge < -0.3 is 10.4 Å². The smallest absolute Gasteiger partial charge is 0.277 e. The molecule has 3 rings (SSSR count). The Morgan fingerprint density at radius 2 is 2.18 bits per heavy atom. The minimum absolute atomic E-state index is 0.0231. The minimum atomic E-state index is -3.96. The summed E-state index contributed by atoms with van der Waals surface area (Å²) in [5.74, 6) is -1.08. The molecule has 0 saturated heterocycles. The van der Waals surface area contributed by atoms with Crippen molar-refractivity contribution in [2.75, 3.05) is 5.32 Å². The van der Waals surface area contributed by atoms with E-state index < -0.39 is 27.4 Å². The molecule has 7 nitrogen and oxygen atoms in total. The van der Waals surface area contributed by atoms with E-state index >= 15 is 0 Å². The van der Waals surface area contributed by atoms with Gasteiger partial charge in [0.2, 0.25) is 0 Å². The Morgan fingerprint density at radius 3 is 2.86 bits per heavy atom. The number of amides is 1. The van der Waals surface area contributed by atoms with E-state index in [1.54, 1.807) is 12.1 Å². The van der Waals surface area contributed by atoms with E-state index in [4.69, 9.17) is 11.6 Å². The highest BCUT2D eigenvalue weighted by Gasteiger charge is 2.34. The zero-order valence-corrected chi connectivity index (χ0v) is 13.1. The average molecular weight is 358 g/mol. The zero-order chi connectivity index (χ0) is 15.9. The van der Waals surface area contributed by atoms with Crippen molar-refractivity contribution < 1.29 is 18.3 Å². The molecule has 3 N–H and O–H groups in total. The van der Waals surface area contributed by atoms with Crippen molar-refractivity contribution in [1.29, 1.82) is 0 Å². The van der Waals surface area contributed by atoms with Crippen molar-refractivity contribution in [2.45, 2.75) is 4.90 Å². The summed E-state index contributed by atoms with van der Waals surface area (Å²) in [6.07, 6.45) is 1.46. The third kappa shape index (κ3) is 2.54. The number of aromatic nitrogens is 1. The predicted octanol–water partition coefficient (Wildman–Crippen LogP) is 1.95. The summed E-state index contributed by atoms with van der Waals surface area (Å²) in [5.41, 5.74) is -0.475. The molecule has 0 unspecified atom stereocenters. The third-order valence-corrected chi connectivity index (χ3v) is 5.55. The van der Waals surface area contributed by atoms with Crippen molar-refractivity contribution in [3.05, 3.63) is 45.4 Å². The number of hydrogen-bond acceptors (Lipinski definition) is 6. The van der Waals surface area contributed by atoms with Crippen LogP contribution in [0.4, 0.5) is 5.82 Å². The number of aliphatic hydroxyl groups is 1. The van der Waals surface area contributed by atoms with Gasteiger partial charge in [-0.25, -0.2) is 13.4 Å². The van der Waals surface area contributed by atoms with Gasteiger partial charge in [-0.2, -0.15) is 0 Å². The molecule has 0 fully saturated rings. The van der Waals surface area contributed by atoms with Crippen LogP contribution in [-0.4, -0.2) is 24.4 Å². The van der Waals surface area contributed by atoms with Crippen LogP contribution < -0.4 is 10.0 Å². The molecule has 2 aromatic rings. The van der Waals surface area contributed by atoms with Crippen LogP contribution in [0.5, 0.6) is 0 Å². The van der Waals surface area contributed by atoms with Gasteiger partial charge >= 0.3 is 0 Å². The lowest BCUT2D eigenvalue weighted by molar-refractivity contribution is -0.113. The number of pyridine rings is 1. The largest absolute Gasteiger partial charge is 0.504 e. The van der Waals surface area contributed by atoms with Gasteiger partial charge in [-0.1, -0.05) is 17.7 Å². The number of rotatable bonds is 2. The normalized spacial score (nSPS) is 15.9. The SMILES string of the molecule is O=C(Nc1ccccn1)C1=C(O)c2sc(Cl)cc2S(=O)(=O)N1. The van der Waals surface area contributed by atoms with Gasteiger partial charge in [-0.3, -0.25) is 9.52 Å². The molecular formula is C12H8ClN3O4S2. The van der Waals surface area contributed by atoms with Crippen molar-refractivity contribution in [2.24, 2.45) is 0 Å². The lowest BCUT2D eigenvalue weighted by atomic mass is 10.3. The number of halogens is 1. The highest BCUT2D eigenvalue weighted by atomic mass is 35.5. The maximum Gasteiger partial charge on any atom is 0.277 e. The van der Waals surface area contributed by atoms with Gasteiger partial charge in [0, 0.05) is 6.20 Å². The summed E-state index contributed by atoms with van der Waals surface area (Å²) < 4.78 is 26.4. The third-order valence-electron chi connectivity index (χ3n) is 2.78. The quantitative estimate of drug-likeness (QED) is 0.761. The fraction of sp³-hybridized carbons (Fsp3) is 0. The summed E-state index contributed by atoms with van der Waals surface area (Å²) in [6, 6.07) is 6.06. The number of carbonyl (C=O) groups is 1. The first-order valence-electron chi connectivity index (χ1n) is 5.86. The molecule has 1 amide bonds. The predicted molar refractivity (Wildman–Crippen MR) is 82.1 cm³/mol. The van der Waals surface area contributed by atoms with Gasteiger partial charge in [0.15, 0.2) is 11.5 Å². The van der Waals surface area contributed by atoms with Crippen LogP contribution in [0.15, 0.2) is 41.1 Å². The second-order valence-corrected chi connectivity index (χ2v) is 7.58. The second-order valence-electron chi connectivity index (χ2n) is 4.24.